The maximum absolute atomic E-state index is 5.89. The molecule has 0 bridgehead atoms. The summed E-state index contributed by atoms with van der Waals surface area (Å²) in [5.74, 6) is 0.854. The summed E-state index contributed by atoms with van der Waals surface area (Å²) in [5, 5.41) is 0. The third-order valence-electron chi connectivity index (χ3n) is 4.50. The molecule has 2 rings (SSSR count). The van der Waals surface area contributed by atoms with E-state index in [4.69, 9.17) is 5.73 Å². The molecule has 0 aromatic heterocycles. The fraction of sp³-hybridized carbons (Fsp3) is 0.647. The third kappa shape index (κ3) is 3.50. The quantitative estimate of drug-likeness (QED) is 0.872. The van der Waals surface area contributed by atoms with Crippen LogP contribution in [-0.2, 0) is 0 Å². The van der Waals surface area contributed by atoms with Crippen molar-refractivity contribution in [1.29, 1.82) is 0 Å². The van der Waals surface area contributed by atoms with Gasteiger partial charge < -0.3 is 10.6 Å². The molecule has 1 aliphatic rings. The van der Waals surface area contributed by atoms with Crippen molar-refractivity contribution in [1.82, 2.24) is 0 Å². The van der Waals surface area contributed by atoms with Crippen LogP contribution in [0, 0.1) is 11.3 Å². The van der Waals surface area contributed by atoms with Crippen LogP contribution < -0.4 is 10.6 Å². The Labute approximate surface area is 118 Å². The van der Waals surface area contributed by atoms with Gasteiger partial charge in [0, 0.05) is 24.8 Å². The Kier molecular flexibility index (Phi) is 4.19. The molecule has 1 atom stereocenters. The number of hydrogen-bond acceptors (Lipinski definition) is 2. The van der Waals surface area contributed by atoms with Crippen molar-refractivity contribution < 1.29 is 0 Å². The Balaban J connectivity index is 1.98. The van der Waals surface area contributed by atoms with Crippen molar-refractivity contribution >= 4 is 5.69 Å². The van der Waals surface area contributed by atoms with Gasteiger partial charge in [0.25, 0.3) is 0 Å². The van der Waals surface area contributed by atoms with E-state index in [1.54, 1.807) is 0 Å². The van der Waals surface area contributed by atoms with Crippen LogP contribution in [0.15, 0.2) is 24.3 Å². The molecule has 106 valence electrons. The van der Waals surface area contributed by atoms with Gasteiger partial charge in [-0.25, -0.2) is 0 Å². The molecular formula is C17H28N2. The largest absolute Gasteiger partial charge is 0.372 e. The molecule has 1 heterocycles. The molecule has 0 unspecified atom stereocenters. The van der Waals surface area contributed by atoms with Crippen LogP contribution >= 0.6 is 0 Å². The second-order valence-electron chi connectivity index (χ2n) is 7.01. The van der Waals surface area contributed by atoms with Gasteiger partial charge >= 0.3 is 0 Å². The van der Waals surface area contributed by atoms with E-state index in [-0.39, 0.29) is 6.04 Å². The number of anilines is 1. The monoisotopic (exact) mass is 260 g/mol. The zero-order valence-corrected chi connectivity index (χ0v) is 12.8. The van der Waals surface area contributed by atoms with Crippen LogP contribution in [0.5, 0.6) is 0 Å². The van der Waals surface area contributed by atoms with E-state index in [0.29, 0.717) is 5.41 Å². The molecule has 2 N–H and O–H groups in total. The molecule has 1 aliphatic heterocycles. The average molecular weight is 260 g/mol. The smallest absolute Gasteiger partial charge is 0.0366 e. The van der Waals surface area contributed by atoms with Crippen molar-refractivity contribution in [3.63, 3.8) is 0 Å². The average Bonchev–Trinajstić information content (AvgIpc) is 2.38. The van der Waals surface area contributed by atoms with Crippen molar-refractivity contribution in [3.8, 4) is 0 Å². The summed E-state index contributed by atoms with van der Waals surface area (Å²) in [4.78, 5) is 2.51. The van der Waals surface area contributed by atoms with E-state index < -0.39 is 0 Å². The number of nitrogens with two attached hydrogens (primary N) is 1. The first-order valence-electron chi connectivity index (χ1n) is 7.48. The lowest BCUT2D eigenvalue weighted by atomic mass is 9.75. The standard InChI is InChI=1S/C17H28N2/c1-13(18)14-5-7-16(8-6-14)19-11-9-15(10-12-19)17(2,3)4/h5-8,13,15H,9-12,18H2,1-4H3/t13-/m1/s1. The van der Waals surface area contributed by atoms with Crippen molar-refractivity contribution in [2.45, 2.75) is 46.6 Å². The van der Waals surface area contributed by atoms with E-state index in [0.717, 1.165) is 5.92 Å². The second kappa shape index (κ2) is 5.54. The second-order valence-corrected chi connectivity index (χ2v) is 7.01. The van der Waals surface area contributed by atoms with Crippen molar-refractivity contribution in [2.75, 3.05) is 18.0 Å². The zero-order chi connectivity index (χ0) is 14.0. The van der Waals surface area contributed by atoms with Crippen LogP contribution in [0.3, 0.4) is 0 Å². The van der Waals surface area contributed by atoms with Gasteiger partial charge in [-0.3, -0.25) is 0 Å². The fourth-order valence-corrected chi connectivity index (χ4v) is 2.99. The summed E-state index contributed by atoms with van der Waals surface area (Å²) in [7, 11) is 0. The number of hydrogen-bond donors (Lipinski definition) is 1. The lowest BCUT2D eigenvalue weighted by Crippen LogP contribution is -2.38. The Morgan fingerprint density at radius 3 is 2.05 bits per heavy atom. The van der Waals surface area contributed by atoms with Gasteiger partial charge in [-0.2, -0.15) is 0 Å². The van der Waals surface area contributed by atoms with Gasteiger partial charge in [-0.1, -0.05) is 32.9 Å². The minimum Gasteiger partial charge on any atom is -0.372 e. The highest BCUT2D eigenvalue weighted by molar-refractivity contribution is 5.48. The molecule has 0 saturated carbocycles. The molecule has 0 radical (unpaired) electrons. The summed E-state index contributed by atoms with van der Waals surface area (Å²) >= 11 is 0. The van der Waals surface area contributed by atoms with Gasteiger partial charge in [0.1, 0.15) is 0 Å². The third-order valence-corrected chi connectivity index (χ3v) is 4.50. The van der Waals surface area contributed by atoms with E-state index in [1.807, 2.05) is 6.92 Å². The van der Waals surface area contributed by atoms with Crippen LogP contribution in [0.1, 0.15) is 52.1 Å². The molecule has 0 spiro atoms. The number of rotatable bonds is 2. The van der Waals surface area contributed by atoms with E-state index in [9.17, 15) is 0 Å². The summed E-state index contributed by atoms with van der Waals surface area (Å²) in [5.41, 5.74) is 8.90. The molecule has 2 heteroatoms. The van der Waals surface area contributed by atoms with Crippen LogP contribution in [0.4, 0.5) is 5.69 Å². The van der Waals surface area contributed by atoms with Crippen molar-refractivity contribution in [2.24, 2.45) is 17.1 Å². The molecule has 2 nitrogen and oxygen atoms in total. The maximum Gasteiger partial charge on any atom is 0.0366 e. The maximum atomic E-state index is 5.89. The fourth-order valence-electron chi connectivity index (χ4n) is 2.99. The Morgan fingerprint density at radius 2 is 1.63 bits per heavy atom. The summed E-state index contributed by atoms with van der Waals surface area (Å²) < 4.78 is 0. The van der Waals surface area contributed by atoms with Crippen LogP contribution in [0.2, 0.25) is 0 Å². The normalized spacial score (nSPS) is 19.5. The molecule has 0 aliphatic carbocycles. The minimum atomic E-state index is 0.126. The SMILES string of the molecule is C[C@@H](N)c1ccc(N2CCC(C(C)(C)C)CC2)cc1. The highest BCUT2D eigenvalue weighted by Crippen LogP contribution is 2.35. The number of piperidine rings is 1. The molecule has 1 fully saturated rings. The van der Waals surface area contributed by atoms with Crippen molar-refractivity contribution in [3.05, 3.63) is 29.8 Å². The lowest BCUT2D eigenvalue weighted by molar-refractivity contribution is 0.199. The first kappa shape index (κ1) is 14.4. The van der Waals surface area contributed by atoms with Crippen LogP contribution in [-0.4, -0.2) is 13.1 Å². The van der Waals surface area contributed by atoms with E-state index in [1.165, 1.54) is 37.2 Å². The highest BCUT2D eigenvalue weighted by Gasteiger charge is 2.28. The molecule has 1 aromatic rings. The van der Waals surface area contributed by atoms with E-state index >= 15 is 0 Å². The Bertz CT molecular complexity index is 392. The van der Waals surface area contributed by atoms with Gasteiger partial charge in [0.15, 0.2) is 0 Å². The molecular weight excluding hydrogens is 232 g/mol. The van der Waals surface area contributed by atoms with Gasteiger partial charge in [0.2, 0.25) is 0 Å². The van der Waals surface area contributed by atoms with Gasteiger partial charge in [0.05, 0.1) is 0 Å². The summed E-state index contributed by atoms with van der Waals surface area (Å²) in [6.07, 6.45) is 2.61. The Hall–Kier alpha value is -1.02. The van der Waals surface area contributed by atoms with Gasteiger partial charge in [-0.05, 0) is 48.8 Å². The minimum absolute atomic E-state index is 0.126. The molecule has 19 heavy (non-hydrogen) atoms. The van der Waals surface area contributed by atoms with E-state index in [2.05, 4.69) is 49.9 Å². The summed E-state index contributed by atoms with van der Waals surface area (Å²) in [6, 6.07) is 8.89. The first-order chi connectivity index (χ1) is 8.88. The Morgan fingerprint density at radius 1 is 1.11 bits per heavy atom. The zero-order valence-electron chi connectivity index (χ0n) is 12.8. The predicted octanol–water partition coefficient (Wildman–Crippen LogP) is 3.97. The topological polar surface area (TPSA) is 29.3 Å². The molecule has 1 saturated heterocycles. The first-order valence-corrected chi connectivity index (χ1v) is 7.48. The predicted molar refractivity (Wildman–Crippen MR) is 83.4 cm³/mol. The van der Waals surface area contributed by atoms with Crippen LogP contribution in [0.25, 0.3) is 0 Å². The highest BCUT2D eigenvalue weighted by atomic mass is 15.1. The van der Waals surface area contributed by atoms with Gasteiger partial charge in [-0.15, -0.1) is 0 Å². The molecule has 1 aromatic carbocycles. The summed E-state index contributed by atoms with van der Waals surface area (Å²) in [6.45, 7) is 11.5. The lowest BCUT2D eigenvalue weighted by Gasteiger charge is -2.39. The number of benzene rings is 1. The number of nitrogens with zero attached hydrogens (tertiary/aromatic N) is 1. The molecule has 0 amide bonds.